The lowest BCUT2D eigenvalue weighted by Crippen LogP contribution is -2.38. The molecule has 2 aliphatic rings. The summed E-state index contributed by atoms with van der Waals surface area (Å²) >= 11 is 0. The second-order valence-corrected chi connectivity index (χ2v) is 8.99. The molecule has 2 atom stereocenters. The number of carbonyl (C=O) groups excluding carboxylic acids is 1. The lowest BCUT2D eigenvalue weighted by Gasteiger charge is -2.34. The fourth-order valence-electron chi connectivity index (χ4n) is 4.91. The average molecular weight is 419 g/mol. The van der Waals surface area contributed by atoms with Gasteiger partial charge < -0.3 is 15.5 Å². The Morgan fingerprint density at radius 3 is 2.77 bits per heavy atom. The van der Waals surface area contributed by atoms with Crippen molar-refractivity contribution in [2.75, 3.05) is 24.5 Å². The zero-order chi connectivity index (χ0) is 21.5. The molecule has 5 rings (SSSR count). The van der Waals surface area contributed by atoms with Gasteiger partial charge in [0, 0.05) is 49.1 Å². The van der Waals surface area contributed by atoms with Crippen molar-refractivity contribution in [1.29, 1.82) is 0 Å². The number of aromatic nitrogens is 3. The lowest BCUT2D eigenvalue weighted by molar-refractivity contribution is 0.0605. The van der Waals surface area contributed by atoms with E-state index in [1.807, 2.05) is 52.9 Å². The average Bonchev–Trinajstić information content (AvgIpc) is 3.38. The van der Waals surface area contributed by atoms with Gasteiger partial charge in [-0.1, -0.05) is 17.7 Å². The smallest absolute Gasteiger partial charge is 0.254 e. The van der Waals surface area contributed by atoms with Crippen molar-refractivity contribution in [2.24, 2.45) is 5.73 Å². The SMILES string of the molecule is Cc1cccc(C(=O)N2CCCC[C@H]2c2cc3nc(N4CC[C@H](N)C4)c(C)cn3n2)c1. The summed E-state index contributed by atoms with van der Waals surface area (Å²) in [5.41, 5.74) is 10.8. The number of anilines is 1. The van der Waals surface area contributed by atoms with Gasteiger partial charge in [0.1, 0.15) is 5.82 Å². The number of nitrogens with two attached hydrogens (primary N) is 1. The molecule has 2 fully saturated rings. The summed E-state index contributed by atoms with van der Waals surface area (Å²) in [5, 5.41) is 4.84. The zero-order valence-electron chi connectivity index (χ0n) is 18.3. The Hall–Kier alpha value is -2.93. The summed E-state index contributed by atoms with van der Waals surface area (Å²) in [4.78, 5) is 22.5. The number of carbonyl (C=O) groups is 1. The molecule has 7 heteroatoms. The minimum atomic E-state index is -0.0209. The van der Waals surface area contributed by atoms with Gasteiger partial charge in [-0.3, -0.25) is 4.79 Å². The van der Waals surface area contributed by atoms with Crippen molar-refractivity contribution in [3.8, 4) is 0 Å². The third-order valence-electron chi connectivity index (χ3n) is 6.52. The molecule has 0 saturated carbocycles. The number of hydrogen-bond donors (Lipinski definition) is 1. The van der Waals surface area contributed by atoms with E-state index in [1.54, 1.807) is 0 Å². The molecule has 2 N–H and O–H groups in total. The van der Waals surface area contributed by atoms with Crippen molar-refractivity contribution in [1.82, 2.24) is 19.5 Å². The maximum absolute atomic E-state index is 13.3. The van der Waals surface area contributed by atoms with Gasteiger partial charge in [0.2, 0.25) is 0 Å². The first-order valence-electron chi connectivity index (χ1n) is 11.2. The molecule has 1 aromatic carbocycles. The van der Waals surface area contributed by atoms with E-state index in [1.165, 1.54) is 0 Å². The molecule has 162 valence electrons. The van der Waals surface area contributed by atoms with Crippen LogP contribution in [0.4, 0.5) is 5.82 Å². The highest BCUT2D eigenvalue weighted by Gasteiger charge is 2.31. The quantitative estimate of drug-likeness (QED) is 0.706. The normalized spacial score (nSPS) is 21.8. The highest BCUT2D eigenvalue weighted by Crippen LogP contribution is 2.32. The minimum Gasteiger partial charge on any atom is -0.355 e. The van der Waals surface area contributed by atoms with E-state index in [2.05, 4.69) is 11.8 Å². The fourth-order valence-corrected chi connectivity index (χ4v) is 4.91. The molecule has 4 heterocycles. The number of hydrogen-bond acceptors (Lipinski definition) is 5. The van der Waals surface area contributed by atoms with Crippen molar-refractivity contribution in [3.63, 3.8) is 0 Å². The number of likely N-dealkylation sites (tertiary alicyclic amines) is 1. The Morgan fingerprint density at radius 2 is 2.00 bits per heavy atom. The maximum atomic E-state index is 13.3. The van der Waals surface area contributed by atoms with Crippen molar-refractivity contribution < 1.29 is 4.79 Å². The van der Waals surface area contributed by atoms with Crippen LogP contribution in [0.25, 0.3) is 5.65 Å². The molecule has 0 aliphatic carbocycles. The van der Waals surface area contributed by atoms with Crippen molar-refractivity contribution in [2.45, 2.75) is 51.6 Å². The molecule has 0 radical (unpaired) electrons. The first kappa shape index (κ1) is 20.0. The monoisotopic (exact) mass is 418 g/mol. The number of aryl methyl sites for hydroxylation is 2. The van der Waals surface area contributed by atoms with Crippen LogP contribution in [0.3, 0.4) is 0 Å². The Kier molecular flexibility index (Phi) is 5.14. The Balaban J connectivity index is 1.47. The predicted molar refractivity (Wildman–Crippen MR) is 121 cm³/mol. The largest absolute Gasteiger partial charge is 0.355 e. The molecule has 0 bridgehead atoms. The van der Waals surface area contributed by atoms with Gasteiger partial charge in [0.25, 0.3) is 5.91 Å². The van der Waals surface area contributed by atoms with E-state index >= 15 is 0 Å². The van der Waals surface area contributed by atoms with Crippen LogP contribution in [0.15, 0.2) is 36.5 Å². The van der Waals surface area contributed by atoms with Gasteiger partial charge in [-0.15, -0.1) is 0 Å². The highest BCUT2D eigenvalue weighted by molar-refractivity contribution is 5.94. The number of nitrogens with zero attached hydrogens (tertiary/aromatic N) is 5. The van der Waals surface area contributed by atoms with E-state index in [4.69, 9.17) is 15.8 Å². The standard InChI is InChI=1S/C24H30N6O/c1-16-6-5-7-18(12-16)24(31)29-10-4-3-8-21(29)20-13-22-26-23(17(2)14-30(22)27-20)28-11-9-19(25)15-28/h5-7,12-14,19,21H,3-4,8-11,15,25H2,1-2H3/t19-,21-/m0/s1. The third-order valence-corrected chi connectivity index (χ3v) is 6.52. The van der Waals surface area contributed by atoms with Crippen LogP contribution < -0.4 is 10.6 Å². The first-order chi connectivity index (χ1) is 15.0. The number of piperidine rings is 1. The molecule has 0 spiro atoms. The van der Waals surface area contributed by atoms with Crippen LogP contribution in [0.2, 0.25) is 0 Å². The molecular weight excluding hydrogens is 388 g/mol. The second kappa shape index (κ2) is 7.96. The second-order valence-electron chi connectivity index (χ2n) is 8.99. The molecule has 1 amide bonds. The molecule has 3 aromatic rings. The number of rotatable bonds is 3. The maximum Gasteiger partial charge on any atom is 0.254 e. The Morgan fingerprint density at radius 1 is 1.13 bits per heavy atom. The van der Waals surface area contributed by atoms with Crippen molar-refractivity contribution >= 4 is 17.4 Å². The first-order valence-corrected chi connectivity index (χ1v) is 11.2. The number of amides is 1. The van der Waals surface area contributed by atoms with Crippen LogP contribution in [0.1, 0.15) is 58.9 Å². The van der Waals surface area contributed by atoms with E-state index in [0.29, 0.717) is 0 Å². The molecule has 0 unspecified atom stereocenters. The fraction of sp³-hybridized carbons (Fsp3) is 0.458. The molecule has 2 aliphatic heterocycles. The predicted octanol–water partition coefficient (Wildman–Crippen LogP) is 3.25. The minimum absolute atomic E-state index is 0.0209. The van der Waals surface area contributed by atoms with Gasteiger partial charge in [0.15, 0.2) is 5.65 Å². The van der Waals surface area contributed by atoms with Crippen LogP contribution in [-0.4, -0.2) is 51.1 Å². The summed E-state index contributed by atoms with van der Waals surface area (Å²) in [5.74, 6) is 1.07. The number of fused-ring (bicyclic) bond motifs is 1. The summed E-state index contributed by atoms with van der Waals surface area (Å²) in [7, 11) is 0. The molecule has 7 nitrogen and oxygen atoms in total. The van der Waals surface area contributed by atoms with Crippen LogP contribution in [0.5, 0.6) is 0 Å². The summed E-state index contributed by atoms with van der Waals surface area (Å²) < 4.78 is 1.86. The zero-order valence-corrected chi connectivity index (χ0v) is 18.3. The summed E-state index contributed by atoms with van der Waals surface area (Å²) in [6, 6.07) is 10.1. The topological polar surface area (TPSA) is 79.8 Å². The van der Waals surface area contributed by atoms with E-state index in [0.717, 1.165) is 79.2 Å². The highest BCUT2D eigenvalue weighted by atomic mass is 16.2. The van der Waals surface area contributed by atoms with Gasteiger partial charge in [0.05, 0.1) is 11.7 Å². The van der Waals surface area contributed by atoms with E-state index in [-0.39, 0.29) is 18.0 Å². The van der Waals surface area contributed by atoms with E-state index < -0.39 is 0 Å². The Bertz CT molecular complexity index is 1120. The van der Waals surface area contributed by atoms with Crippen molar-refractivity contribution in [3.05, 3.63) is 58.9 Å². The van der Waals surface area contributed by atoms with Gasteiger partial charge in [-0.25, -0.2) is 9.50 Å². The number of benzene rings is 1. The van der Waals surface area contributed by atoms with Gasteiger partial charge in [-0.05, 0) is 51.7 Å². The Labute approximate surface area is 182 Å². The molecular formula is C24H30N6O. The molecule has 2 aromatic heterocycles. The molecule has 31 heavy (non-hydrogen) atoms. The summed E-state index contributed by atoms with van der Waals surface area (Å²) in [6.45, 7) is 6.63. The van der Waals surface area contributed by atoms with Crippen LogP contribution in [-0.2, 0) is 0 Å². The van der Waals surface area contributed by atoms with Crippen LogP contribution in [0, 0.1) is 13.8 Å². The molecule has 2 saturated heterocycles. The third kappa shape index (κ3) is 3.78. The van der Waals surface area contributed by atoms with Gasteiger partial charge in [-0.2, -0.15) is 5.10 Å². The van der Waals surface area contributed by atoms with E-state index in [9.17, 15) is 4.79 Å². The van der Waals surface area contributed by atoms with Gasteiger partial charge >= 0.3 is 0 Å². The summed E-state index contributed by atoms with van der Waals surface area (Å²) in [6.07, 6.45) is 6.08. The lowest BCUT2D eigenvalue weighted by atomic mass is 9.98. The van der Waals surface area contributed by atoms with Crippen LogP contribution >= 0.6 is 0 Å².